The topological polar surface area (TPSA) is 66.5 Å². The van der Waals surface area contributed by atoms with Crippen LogP contribution >= 0.6 is 11.6 Å². The second-order valence-corrected chi connectivity index (χ2v) is 2.89. The standard InChI is InChI=1S/C8H10ClNO2/c9-5-1-2-6(7(11)3-5)8(12)4-10/h1-3,8,11-12H,4,10H2/t8-/m0/s1. The van der Waals surface area contributed by atoms with Gasteiger partial charge in [0, 0.05) is 17.1 Å². The highest BCUT2D eigenvalue weighted by Crippen LogP contribution is 2.26. The van der Waals surface area contributed by atoms with Crippen LogP contribution in [0.5, 0.6) is 5.75 Å². The van der Waals surface area contributed by atoms with Crippen molar-refractivity contribution >= 4 is 11.6 Å². The van der Waals surface area contributed by atoms with Crippen molar-refractivity contribution in [3.8, 4) is 5.75 Å². The highest BCUT2D eigenvalue weighted by atomic mass is 35.5. The maximum Gasteiger partial charge on any atom is 0.122 e. The molecule has 0 heterocycles. The summed E-state index contributed by atoms with van der Waals surface area (Å²) in [5.74, 6) is -0.0274. The van der Waals surface area contributed by atoms with Crippen LogP contribution in [0.3, 0.4) is 0 Å². The third-order valence-corrected chi connectivity index (χ3v) is 1.81. The maximum absolute atomic E-state index is 9.29. The van der Waals surface area contributed by atoms with Crippen molar-refractivity contribution in [3.63, 3.8) is 0 Å². The van der Waals surface area contributed by atoms with Crippen molar-refractivity contribution in [1.82, 2.24) is 0 Å². The summed E-state index contributed by atoms with van der Waals surface area (Å²) in [6, 6.07) is 4.51. The first-order valence-electron chi connectivity index (χ1n) is 3.51. The largest absolute Gasteiger partial charge is 0.508 e. The van der Waals surface area contributed by atoms with Gasteiger partial charge >= 0.3 is 0 Å². The Kier molecular flexibility index (Phi) is 2.92. The van der Waals surface area contributed by atoms with Crippen LogP contribution in [0, 0.1) is 0 Å². The lowest BCUT2D eigenvalue weighted by molar-refractivity contribution is 0.182. The number of phenols is 1. The average molecular weight is 188 g/mol. The van der Waals surface area contributed by atoms with Gasteiger partial charge in [-0.3, -0.25) is 0 Å². The first-order valence-corrected chi connectivity index (χ1v) is 3.89. The smallest absolute Gasteiger partial charge is 0.122 e. The molecule has 0 aliphatic rings. The van der Waals surface area contributed by atoms with E-state index in [0.717, 1.165) is 0 Å². The van der Waals surface area contributed by atoms with Gasteiger partial charge in [0.25, 0.3) is 0 Å². The Bertz CT molecular complexity index is 278. The Morgan fingerprint density at radius 3 is 2.67 bits per heavy atom. The molecule has 1 rings (SSSR count). The molecule has 0 radical (unpaired) electrons. The monoisotopic (exact) mass is 187 g/mol. The molecule has 0 fully saturated rings. The van der Waals surface area contributed by atoms with E-state index in [2.05, 4.69) is 0 Å². The number of aliphatic hydroxyl groups is 1. The Morgan fingerprint density at radius 2 is 2.17 bits per heavy atom. The summed E-state index contributed by atoms with van der Waals surface area (Å²) >= 11 is 5.59. The zero-order chi connectivity index (χ0) is 9.14. The van der Waals surface area contributed by atoms with Crippen LogP contribution in [0.15, 0.2) is 18.2 Å². The predicted octanol–water partition coefficient (Wildman–Crippen LogP) is 1.04. The Hall–Kier alpha value is -0.770. The fourth-order valence-electron chi connectivity index (χ4n) is 0.926. The lowest BCUT2D eigenvalue weighted by Crippen LogP contribution is -2.11. The molecule has 1 aromatic rings. The molecule has 0 saturated heterocycles. The molecule has 66 valence electrons. The van der Waals surface area contributed by atoms with Crippen molar-refractivity contribution in [3.05, 3.63) is 28.8 Å². The molecule has 0 aliphatic carbocycles. The molecular formula is C8H10ClNO2. The zero-order valence-electron chi connectivity index (χ0n) is 6.37. The molecule has 12 heavy (non-hydrogen) atoms. The van der Waals surface area contributed by atoms with Crippen molar-refractivity contribution in [2.24, 2.45) is 5.73 Å². The van der Waals surface area contributed by atoms with Crippen molar-refractivity contribution < 1.29 is 10.2 Å². The van der Waals surface area contributed by atoms with Crippen LogP contribution in [0.4, 0.5) is 0 Å². The fraction of sp³-hybridized carbons (Fsp3) is 0.250. The van der Waals surface area contributed by atoms with E-state index in [9.17, 15) is 10.2 Å². The van der Waals surface area contributed by atoms with Gasteiger partial charge in [0.1, 0.15) is 5.75 Å². The highest BCUT2D eigenvalue weighted by molar-refractivity contribution is 6.30. The summed E-state index contributed by atoms with van der Waals surface area (Å²) in [5.41, 5.74) is 5.62. The van der Waals surface area contributed by atoms with Crippen molar-refractivity contribution in [1.29, 1.82) is 0 Å². The molecule has 0 aliphatic heterocycles. The van der Waals surface area contributed by atoms with Gasteiger partial charge < -0.3 is 15.9 Å². The molecule has 1 aromatic carbocycles. The number of rotatable bonds is 2. The molecule has 0 saturated carbocycles. The number of aliphatic hydroxyl groups excluding tert-OH is 1. The average Bonchev–Trinajstić information content (AvgIpc) is 2.03. The van der Waals surface area contributed by atoms with Crippen LogP contribution in [-0.4, -0.2) is 16.8 Å². The van der Waals surface area contributed by atoms with Gasteiger partial charge in [-0.15, -0.1) is 0 Å². The summed E-state index contributed by atoms with van der Waals surface area (Å²) in [7, 11) is 0. The molecule has 0 aromatic heterocycles. The number of benzene rings is 1. The molecule has 0 unspecified atom stereocenters. The highest BCUT2D eigenvalue weighted by Gasteiger charge is 2.09. The summed E-state index contributed by atoms with van der Waals surface area (Å²) < 4.78 is 0. The quantitative estimate of drug-likeness (QED) is 0.648. The summed E-state index contributed by atoms with van der Waals surface area (Å²) in [6.45, 7) is 0.0786. The van der Waals surface area contributed by atoms with Crippen molar-refractivity contribution in [2.75, 3.05) is 6.54 Å². The Morgan fingerprint density at radius 1 is 1.50 bits per heavy atom. The van der Waals surface area contributed by atoms with E-state index in [1.807, 2.05) is 0 Å². The van der Waals surface area contributed by atoms with E-state index in [1.54, 1.807) is 12.1 Å². The van der Waals surface area contributed by atoms with Crippen LogP contribution in [-0.2, 0) is 0 Å². The van der Waals surface area contributed by atoms with Gasteiger partial charge in [0.2, 0.25) is 0 Å². The second-order valence-electron chi connectivity index (χ2n) is 2.45. The molecule has 1 atom stereocenters. The predicted molar refractivity (Wildman–Crippen MR) is 47.1 cm³/mol. The van der Waals surface area contributed by atoms with Gasteiger partial charge in [0.05, 0.1) is 6.10 Å². The Labute approximate surface area is 75.4 Å². The third kappa shape index (κ3) is 1.88. The van der Waals surface area contributed by atoms with Gasteiger partial charge in [-0.25, -0.2) is 0 Å². The van der Waals surface area contributed by atoms with Crippen molar-refractivity contribution in [2.45, 2.75) is 6.10 Å². The third-order valence-electron chi connectivity index (χ3n) is 1.57. The SMILES string of the molecule is NC[C@H](O)c1ccc(Cl)cc1O. The molecular weight excluding hydrogens is 178 g/mol. The number of phenolic OH excluding ortho intramolecular Hbond substituents is 1. The first-order chi connectivity index (χ1) is 5.65. The number of halogens is 1. The fourth-order valence-corrected chi connectivity index (χ4v) is 1.09. The van der Waals surface area contributed by atoms with Gasteiger partial charge in [0.15, 0.2) is 0 Å². The normalized spacial score (nSPS) is 12.9. The van der Waals surface area contributed by atoms with E-state index in [1.165, 1.54) is 6.07 Å². The van der Waals surface area contributed by atoms with E-state index >= 15 is 0 Å². The van der Waals surface area contributed by atoms with E-state index < -0.39 is 6.10 Å². The maximum atomic E-state index is 9.29. The summed E-state index contributed by atoms with van der Waals surface area (Å²) in [5, 5.41) is 19.0. The van der Waals surface area contributed by atoms with Crippen LogP contribution < -0.4 is 5.73 Å². The minimum absolute atomic E-state index is 0.0274. The van der Waals surface area contributed by atoms with Crippen LogP contribution in [0.1, 0.15) is 11.7 Å². The molecule has 4 heteroatoms. The van der Waals surface area contributed by atoms with E-state index in [0.29, 0.717) is 10.6 Å². The molecule has 3 nitrogen and oxygen atoms in total. The number of hydrogen-bond acceptors (Lipinski definition) is 3. The van der Waals surface area contributed by atoms with E-state index in [-0.39, 0.29) is 12.3 Å². The lowest BCUT2D eigenvalue weighted by Gasteiger charge is -2.09. The van der Waals surface area contributed by atoms with Gasteiger partial charge in [-0.05, 0) is 12.1 Å². The van der Waals surface area contributed by atoms with Gasteiger partial charge in [-0.2, -0.15) is 0 Å². The number of aromatic hydroxyl groups is 1. The van der Waals surface area contributed by atoms with Crippen LogP contribution in [0.2, 0.25) is 5.02 Å². The van der Waals surface area contributed by atoms with E-state index in [4.69, 9.17) is 17.3 Å². The molecule has 0 spiro atoms. The second kappa shape index (κ2) is 3.76. The summed E-state index contributed by atoms with van der Waals surface area (Å²) in [6.07, 6.45) is -0.831. The Balaban J connectivity index is 3.01. The lowest BCUT2D eigenvalue weighted by atomic mass is 10.1. The zero-order valence-corrected chi connectivity index (χ0v) is 7.12. The first kappa shape index (κ1) is 9.32. The molecule has 0 bridgehead atoms. The number of nitrogens with two attached hydrogens (primary N) is 1. The van der Waals surface area contributed by atoms with Gasteiger partial charge in [-0.1, -0.05) is 17.7 Å². The molecule has 0 amide bonds. The molecule has 4 N–H and O–H groups in total. The minimum Gasteiger partial charge on any atom is -0.508 e. The van der Waals surface area contributed by atoms with Crippen LogP contribution in [0.25, 0.3) is 0 Å². The minimum atomic E-state index is -0.831. The number of hydrogen-bond donors (Lipinski definition) is 3. The summed E-state index contributed by atoms with van der Waals surface area (Å²) in [4.78, 5) is 0.